The van der Waals surface area contributed by atoms with Crippen molar-refractivity contribution in [1.29, 1.82) is 0 Å². The summed E-state index contributed by atoms with van der Waals surface area (Å²) >= 11 is 1.76. The molecule has 0 saturated heterocycles. The predicted octanol–water partition coefficient (Wildman–Crippen LogP) is 1.62. The Hall–Kier alpha value is 0.270. The van der Waals surface area contributed by atoms with Gasteiger partial charge in [-0.2, -0.15) is 11.8 Å². The molecule has 3 unspecified atom stereocenters. The molecule has 0 amide bonds. The van der Waals surface area contributed by atoms with E-state index in [-0.39, 0.29) is 6.10 Å². The van der Waals surface area contributed by atoms with E-state index in [1.807, 2.05) is 13.8 Å². The van der Waals surface area contributed by atoms with E-state index in [4.69, 9.17) is 5.73 Å². The normalized spacial score (nSPS) is 18.8. The van der Waals surface area contributed by atoms with Crippen molar-refractivity contribution in [2.75, 3.05) is 5.75 Å². The summed E-state index contributed by atoms with van der Waals surface area (Å²) in [6, 6.07) is 0.293. The van der Waals surface area contributed by atoms with E-state index in [0.717, 1.165) is 18.6 Å². The van der Waals surface area contributed by atoms with Crippen LogP contribution in [0.3, 0.4) is 0 Å². The van der Waals surface area contributed by atoms with E-state index in [2.05, 4.69) is 6.92 Å². The second kappa shape index (κ2) is 6.75. The van der Waals surface area contributed by atoms with Gasteiger partial charge in [0.15, 0.2) is 0 Å². The van der Waals surface area contributed by atoms with Crippen molar-refractivity contribution >= 4 is 11.8 Å². The zero-order valence-electron chi connectivity index (χ0n) is 8.29. The fourth-order valence-corrected chi connectivity index (χ4v) is 1.86. The van der Waals surface area contributed by atoms with E-state index in [1.54, 1.807) is 11.8 Å². The Kier molecular flexibility index (Phi) is 6.90. The first kappa shape index (κ1) is 12.3. The highest BCUT2D eigenvalue weighted by molar-refractivity contribution is 7.99. The highest BCUT2D eigenvalue weighted by Crippen LogP contribution is 2.15. The molecule has 3 atom stereocenters. The van der Waals surface area contributed by atoms with Crippen LogP contribution < -0.4 is 5.73 Å². The molecule has 0 spiro atoms. The third-order valence-electron chi connectivity index (χ3n) is 1.91. The molecule has 0 aromatic carbocycles. The lowest BCUT2D eigenvalue weighted by molar-refractivity contribution is 0.196. The summed E-state index contributed by atoms with van der Waals surface area (Å²) in [5.74, 6) is 0.958. The van der Waals surface area contributed by atoms with Crippen LogP contribution in [0, 0.1) is 0 Å². The SMILES string of the molecule is CCCC(N)CSC(C)C(C)O. The number of hydrogen-bond donors (Lipinski definition) is 2. The Morgan fingerprint density at radius 3 is 2.42 bits per heavy atom. The molecule has 3 heteroatoms. The molecule has 0 fully saturated rings. The lowest BCUT2D eigenvalue weighted by Crippen LogP contribution is -2.25. The summed E-state index contributed by atoms with van der Waals surface area (Å²) in [6.45, 7) is 6.00. The van der Waals surface area contributed by atoms with Gasteiger partial charge in [-0.25, -0.2) is 0 Å². The van der Waals surface area contributed by atoms with E-state index in [1.165, 1.54) is 0 Å². The van der Waals surface area contributed by atoms with Crippen molar-refractivity contribution in [2.24, 2.45) is 5.73 Å². The molecule has 0 aromatic rings. The van der Waals surface area contributed by atoms with Gasteiger partial charge in [0.2, 0.25) is 0 Å². The third kappa shape index (κ3) is 5.86. The summed E-state index contributed by atoms with van der Waals surface area (Å²) in [5, 5.41) is 9.50. The van der Waals surface area contributed by atoms with Gasteiger partial charge in [0.1, 0.15) is 0 Å². The van der Waals surface area contributed by atoms with Gasteiger partial charge in [0.25, 0.3) is 0 Å². The van der Waals surface area contributed by atoms with Crippen LogP contribution in [0.4, 0.5) is 0 Å². The number of nitrogens with two attached hydrogens (primary N) is 1. The van der Waals surface area contributed by atoms with Gasteiger partial charge < -0.3 is 10.8 Å². The number of aliphatic hydroxyl groups is 1. The number of aliphatic hydroxyl groups excluding tert-OH is 1. The van der Waals surface area contributed by atoms with Crippen molar-refractivity contribution in [3.05, 3.63) is 0 Å². The van der Waals surface area contributed by atoms with Gasteiger partial charge in [-0.1, -0.05) is 20.3 Å². The summed E-state index contributed by atoms with van der Waals surface area (Å²) in [7, 11) is 0. The fraction of sp³-hybridized carbons (Fsp3) is 1.00. The van der Waals surface area contributed by atoms with Crippen molar-refractivity contribution in [2.45, 2.75) is 51.0 Å². The zero-order chi connectivity index (χ0) is 9.56. The average Bonchev–Trinajstić information content (AvgIpc) is 2.00. The molecule has 74 valence electrons. The number of rotatable bonds is 6. The van der Waals surface area contributed by atoms with E-state index in [9.17, 15) is 5.11 Å². The Morgan fingerprint density at radius 1 is 1.42 bits per heavy atom. The van der Waals surface area contributed by atoms with Crippen LogP contribution >= 0.6 is 11.8 Å². The topological polar surface area (TPSA) is 46.2 Å². The molecule has 0 aliphatic heterocycles. The van der Waals surface area contributed by atoms with Gasteiger partial charge in [0.05, 0.1) is 6.10 Å². The van der Waals surface area contributed by atoms with E-state index in [0.29, 0.717) is 11.3 Å². The van der Waals surface area contributed by atoms with Crippen LogP contribution in [0.25, 0.3) is 0 Å². The molecule has 0 bridgehead atoms. The smallest absolute Gasteiger partial charge is 0.0628 e. The minimum atomic E-state index is -0.233. The third-order valence-corrected chi connectivity index (χ3v) is 3.45. The van der Waals surface area contributed by atoms with Gasteiger partial charge in [-0.3, -0.25) is 0 Å². The van der Waals surface area contributed by atoms with Crippen molar-refractivity contribution < 1.29 is 5.11 Å². The van der Waals surface area contributed by atoms with Crippen LogP contribution in [0.2, 0.25) is 0 Å². The lowest BCUT2D eigenvalue weighted by atomic mass is 10.2. The van der Waals surface area contributed by atoms with Gasteiger partial charge in [-0.05, 0) is 13.3 Å². The molecule has 0 aliphatic carbocycles. The monoisotopic (exact) mass is 191 g/mol. The van der Waals surface area contributed by atoms with Crippen molar-refractivity contribution in [3.8, 4) is 0 Å². The fourth-order valence-electron chi connectivity index (χ4n) is 0.869. The minimum absolute atomic E-state index is 0.233. The zero-order valence-corrected chi connectivity index (χ0v) is 9.10. The summed E-state index contributed by atoms with van der Waals surface area (Å²) in [6.07, 6.45) is 1.99. The number of hydrogen-bond acceptors (Lipinski definition) is 3. The molecular formula is C9H21NOS. The van der Waals surface area contributed by atoms with Crippen LogP contribution in [0.5, 0.6) is 0 Å². The van der Waals surface area contributed by atoms with Crippen LogP contribution in [-0.4, -0.2) is 28.3 Å². The second-order valence-electron chi connectivity index (χ2n) is 3.33. The van der Waals surface area contributed by atoms with Crippen LogP contribution in [0.15, 0.2) is 0 Å². The maximum atomic E-state index is 9.20. The van der Waals surface area contributed by atoms with E-state index < -0.39 is 0 Å². The summed E-state index contributed by atoms with van der Waals surface area (Å²) in [5.41, 5.74) is 5.83. The molecule has 0 saturated carbocycles. The minimum Gasteiger partial charge on any atom is -0.392 e. The first-order chi connectivity index (χ1) is 5.57. The molecule has 0 radical (unpaired) electrons. The molecule has 0 aliphatic rings. The van der Waals surface area contributed by atoms with Crippen molar-refractivity contribution in [1.82, 2.24) is 0 Å². The number of thioether (sulfide) groups is 1. The standard InChI is InChI=1S/C9H21NOS/c1-4-5-9(10)6-12-8(3)7(2)11/h7-9,11H,4-6,10H2,1-3H3. The van der Waals surface area contributed by atoms with Crippen LogP contribution in [-0.2, 0) is 0 Å². The maximum Gasteiger partial charge on any atom is 0.0628 e. The second-order valence-corrected chi connectivity index (χ2v) is 4.74. The first-order valence-electron chi connectivity index (χ1n) is 4.63. The summed E-state index contributed by atoms with van der Waals surface area (Å²) in [4.78, 5) is 0. The predicted molar refractivity (Wildman–Crippen MR) is 56.5 cm³/mol. The highest BCUT2D eigenvalue weighted by Gasteiger charge is 2.10. The molecule has 0 rings (SSSR count). The molecule has 0 heterocycles. The Morgan fingerprint density at radius 2 is 2.00 bits per heavy atom. The van der Waals surface area contributed by atoms with E-state index >= 15 is 0 Å². The Labute approximate surface area is 79.9 Å². The maximum absolute atomic E-state index is 9.20. The van der Waals surface area contributed by atoms with Crippen molar-refractivity contribution in [3.63, 3.8) is 0 Å². The molecule has 0 aromatic heterocycles. The van der Waals surface area contributed by atoms with Gasteiger partial charge in [0, 0.05) is 17.0 Å². The molecule has 3 N–H and O–H groups in total. The quantitative estimate of drug-likeness (QED) is 0.670. The lowest BCUT2D eigenvalue weighted by Gasteiger charge is -2.16. The molecule has 2 nitrogen and oxygen atoms in total. The molecule has 12 heavy (non-hydrogen) atoms. The van der Waals surface area contributed by atoms with Gasteiger partial charge in [-0.15, -0.1) is 0 Å². The molecular weight excluding hydrogens is 170 g/mol. The first-order valence-corrected chi connectivity index (χ1v) is 5.68. The van der Waals surface area contributed by atoms with Crippen LogP contribution in [0.1, 0.15) is 33.6 Å². The largest absolute Gasteiger partial charge is 0.392 e. The average molecular weight is 191 g/mol. The Balaban J connectivity index is 3.40. The van der Waals surface area contributed by atoms with Gasteiger partial charge >= 0.3 is 0 Å². The Bertz CT molecular complexity index is 109. The summed E-state index contributed by atoms with van der Waals surface area (Å²) < 4.78 is 0. The highest BCUT2D eigenvalue weighted by atomic mass is 32.2.